The van der Waals surface area contributed by atoms with Crippen molar-refractivity contribution in [2.75, 3.05) is 20.8 Å². The van der Waals surface area contributed by atoms with Gasteiger partial charge < -0.3 is 14.2 Å². The molecule has 134 valence electrons. The Balaban J connectivity index is 1.91. The third-order valence-electron chi connectivity index (χ3n) is 3.34. The first kappa shape index (κ1) is 18.6. The van der Waals surface area contributed by atoms with E-state index in [1.54, 1.807) is 36.4 Å². The summed E-state index contributed by atoms with van der Waals surface area (Å²) in [6.07, 6.45) is 0. The van der Waals surface area contributed by atoms with Gasteiger partial charge in [0.2, 0.25) is 0 Å². The normalized spacial score (nSPS) is 9.58. The van der Waals surface area contributed by atoms with E-state index in [0.717, 1.165) is 0 Å². The molecular weight excluding hydrogens is 338 g/mol. The molecule has 8 heteroatoms. The number of carbonyl (C=O) groups excluding carboxylic acids is 2. The van der Waals surface area contributed by atoms with Gasteiger partial charge in [0, 0.05) is 6.07 Å². The molecule has 0 saturated heterocycles. The molecule has 0 unspecified atom stereocenters. The summed E-state index contributed by atoms with van der Waals surface area (Å²) < 4.78 is 15.5. The summed E-state index contributed by atoms with van der Waals surface area (Å²) in [7, 11) is 2.92. The van der Waals surface area contributed by atoms with Crippen LogP contribution in [0.2, 0.25) is 0 Å². The van der Waals surface area contributed by atoms with E-state index in [1.165, 1.54) is 20.3 Å². The van der Waals surface area contributed by atoms with E-state index in [2.05, 4.69) is 10.9 Å². The van der Waals surface area contributed by atoms with Crippen molar-refractivity contribution in [1.82, 2.24) is 10.9 Å². The SMILES string of the molecule is COc1ccc(C(=O)NNC(=O)COc2ccccc2C#N)c(OC)c1. The number of nitrogens with one attached hydrogen (secondary N) is 2. The van der Waals surface area contributed by atoms with Crippen LogP contribution >= 0.6 is 0 Å². The molecule has 0 atom stereocenters. The van der Waals surface area contributed by atoms with Crippen molar-refractivity contribution < 1.29 is 23.8 Å². The van der Waals surface area contributed by atoms with Crippen LogP contribution in [0.25, 0.3) is 0 Å². The molecule has 0 radical (unpaired) electrons. The van der Waals surface area contributed by atoms with E-state index in [-0.39, 0.29) is 17.9 Å². The number of methoxy groups -OCH3 is 2. The van der Waals surface area contributed by atoms with Crippen LogP contribution in [0.1, 0.15) is 15.9 Å². The smallest absolute Gasteiger partial charge is 0.276 e. The number of nitriles is 1. The van der Waals surface area contributed by atoms with Gasteiger partial charge in [-0.2, -0.15) is 5.26 Å². The van der Waals surface area contributed by atoms with Crippen molar-refractivity contribution in [2.45, 2.75) is 0 Å². The molecule has 0 spiro atoms. The zero-order valence-corrected chi connectivity index (χ0v) is 14.2. The standard InChI is InChI=1S/C18H17N3O5/c1-24-13-7-8-14(16(9-13)25-2)18(23)21-20-17(22)11-26-15-6-4-3-5-12(15)10-19/h3-9H,11H2,1-2H3,(H,20,22)(H,21,23). The number of hydrogen-bond acceptors (Lipinski definition) is 6. The van der Waals surface area contributed by atoms with Crippen molar-refractivity contribution >= 4 is 11.8 Å². The van der Waals surface area contributed by atoms with E-state index in [4.69, 9.17) is 19.5 Å². The molecule has 0 saturated carbocycles. The Hall–Kier alpha value is -3.73. The van der Waals surface area contributed by atoms with E-state index in [0.29, 0.717) is 17.1 Å². The molecule has 0 aromatic heterocycles. The maximum absolute atomic E-state index is 12.2. The lowest BCUT2D eigenvalue weighted by Gasteiger charge is -2.12. The third-order valence-corrected chi connectivity index (χ3v) is 3.34. The van der Waals surface area contributed by atoms with Crippen LogP contribution in [0.5, 0.6) is 17.2 Å². The molecular formula is C18H17N3O5. The maximum atomic E-state index is 12.2. The largest absolute Gasteiger partial charge is 0.497 e. The Labute approximate surface area is 150 Å². The van der Waals surface area contributed by atoms with Gasteiger partial charge in [0.1, 0.15) is 23.3 Å². The molecule has 0 fully saturated rings. The minimum atomic E-state index is -0.585. The van der Waals surface area contributed by atoms with Crippen LogP contribution in [0.4, 0.5) is 0 Å². The van der Waals surface area contributed by atoms with Gasteiger partial charge in [0.25, 0.3) is 11.8 Å². The molecule has 2 aromatic carbocycles. The third kappa shape index (κ3) is 4.64. The van der Waals surface area contributed by atoms with Crippen LogP contribution in [-0.2, 0) is 4.79 Å². The fraction of sp³-hybridized carbons (Fsp3) is 0.167. The van der Waals surface area contributed by atoms with Crippen LogP contribution in [0, 0.1) is 11.3 Å². The van der Waals surface area contributed by atoms with E-state index < -0.39 is 11.8 Å². The van der Waals surface area contributed by atoms with Gasteiger partial charge in [0.05, 0.1) is 25.3 Å². The molecule has 26 heavy (non-hydrogen) atoms. The highest BCUT2D eigenvalue weighted by molar-refractivity contribution is 5.98. The number of rotatable bonds is 6. The summed E-state index contributed by atoms with van der Waals surface area (Å²) in [5.41, 5.74) is 5.05. The lowest BCUT2D eigenvalue weighted by Crippen LogP contribution is -2.43. The summed E-state index contributed by atoms with van der Waals surface area (Å²) in [4.78, 5) is 24.0. The fourth-order valence-corrected chi connectivity index (χ4v) is 2.04. The number of para-hydroxylation sites is 1. The van der Waals surface area contributed by atoms with Gasteiger partial charge in [-0.05, 0) is 24.3 Å². The summed E-state index contributed by atoms with van der Waals surface area (Å²) in [5.74, 6) is -0.0237. The van der Waals surface area contributed by atoms with Crippen molar-refractivity contribution in [3.63, 3.8) is 0 Å². The predicted octanol–water partition coefficient (Wildman–Crippen LogP) is 1.42. The summed E-state index contributed by atoms with van der Waals surface area (Å²) in [6, 6.07) is 13.2. The lowest BCUT2D eigenvalue weighted by atomic mass is 10.2. The second-order valence-electron chi connectivity index (χ2n) is 4.97. The fourth-order valence-electron chi connectivity index (χ4n) is 2.04. The Kier molecular flexibility index (Phi) is 6.40. The maximum Gasteiger partial charge on any atom is 0.276 e. The van der Waals surface area contributed by atoms with Crippen LogP contribution in [-0.4, -0.2) is 32.6 Å². The molecule has 2 rings (SSSR count). The van der Waals surface area contributed by atoms with Gasteiger partial charge in [-0.25, -0.2) is 0 Å². The monoisotopic (exact) mass is 355 g/mol. The van der Waals surface area contributed by atoms with Crippen molar-refractivity contribution in [3.05, 3.63) is 53.6 Å². The number of nitrogens with zero attached hydrogens (tertiary/aromatic N) is 1. The number of ether oxygens (including phenoxy) is 3. The topological polar surface area (TPSA) is 110 Å². The molecule has 0 bridgehead atoms. The van der Waals surface area contributed by atoms with Gasteiger partial charge in [0.15, 0.2) is 6.61 Å². The van der Waals surface area contributed by atoms with Gasteiger partial charge >= 0.3 is 0 Å². The summed E-state index contributed by atoms with van der Waals surface area (Å²) in [5, 5.41) is 8.96. The first-order valence-electron chi connectivity index (χ1n) is 7.52. The minimum absolute atomic E-state index is 0.226. The zero-order valence-electron chi connectivity index (χ0n) is 14.2. The molecule has 0 aliphatic carbocycles. The molecule has 0 heterocycles. The summed E-state index contributed by atoms with van der Waals surface area (Å²) >= 11 is 0. The van der Waals surface area contributed by atoms with Gasteiger partial charge in [-0.1, -0.05) is 12.1 Å². The predicted molar refractivity (Wildman–Crippen MR) is 91.8 cm³/mol. The van der Waals surface area contributed by atoms with Gasteiger partial charge in [-0.15, -0.1) is 0 Å². The van der Waals surface area contributed by atoms with Crippen LogP contribution in [0.15, 0.2) is 42.5 Å². The van der Waals surface area contributed by atoms with Gasteiger partial charge in [-0.3, -0.25) is 20.4 Å². The number of hydrazine groups is 1. The van der Waals surface area contributed by atoms with E-state index in [9.17, 15) is 9.59 Å². The van der Waals surface area contributed by atoms with Crippen LogP contribution < -0.4 is 25.1 Å². The number of carbonyl (C=O) groups is 2. The Morgan fingerprint density at radius 3 is 2.50 bits per heavy atom. The average molecular weight is 355 g/mol. The Morgan fingerprint density at radius 2 is 1.81 bits per heavy atom. The molecule has 0 aliphatic rings. The van der Waals surface area contributed by atoms with Crippen molar-refractivity contribution in [2.24, 2.45) is 0 Å². The highest BCUT2D eigenvalue weighted by Crippen LogP contribution is 2.24. The second kappa shape index (κ2) is 8.94. The molecule has 0 aliphatic heterocycles. The number of amides is 2. The first-order valence-corrected chi connectivity index (χ1v) is 7.52. The lowest BCUT2D eigenvalue weighted by molar-refractivity contribution is -0.123. The zero-order chi connectivity index (χ0) is 18.9. The average Bonchev–Trinajstić information content (AvgIpc) is 2.69. The van der Waals surface area contributed by atoms with Crippen LogP contribution in [0.3, 0.4) is 0 Å². The first-order chi connectivity index (χ1) is 12.6. The highest BCUT2D eigenvalue weighted by atomic mass is 16.5. The number of benzene rings is 2. The van der Waals surface area contributed by atoms with Crippen molar-refractivity contribution in [3.8, 4) is 23.3 Å². The highest BCUT2D eigenvalue weighted by Gasteiger charge is 2.14. The quantitative estimate of drug-likeness (QED) is 0.758. The van der Waals surface area contributed by atoms with E-state index >= 15 is 0 Å². The molecule has 2 amide bonds. The number of hydrogen-bond donors (Lipinski definition) is 2. The molecule has 2 N–H and O–H groups in total. The second-order valence-corrected chi connectivity index (χ2v) is 4.97. The Morgan fingerprint density at radius 1 is 1.04 bits per heavy atom. The van der Waals surface area contributed by atoms with E-state index in [1.807, 2.05) is 6.07 Å². The minimum Gasteiger partial charge on any atom is -0.497 e. The molecule has 2 aromatic rings. The molecule has 8 nitrogen and oxygen atoms in total. The summed E-state index contributed by atoms with van der Waals surface area (Å²) in [6.45, 7) is -0.362. The Bertz CT molecular complexity index is 845. The van der Waals surface area contributed by atoms with Crippen molar-refractivity contribution in [1.29, 1.82) is 5.26 Å².